The van der Waals surface area contributed by atoms with E-state index in [2.05, 4.69) is 15.6 Å². The number of amides is 1. The molecule has 2 heterocycles. The van der Waals surface area contributed by atoms with Crippen LogP contribution < -0.4 is 10.6 Å². The molecule has 98 valence electrons. The summed E-state index contributed by atoms with van der Waals surface area (Å²) in [7, 11) is 0. The fourth-order valence-electron chi connectivity index (χ4n) is 2.09. The highest BCUT2D eigenvalue weighted by Gasteiger charge is 2.19. The van der Waals surface area contributed by atoms with Crippen molar-refractivity contribution in [3.8, 4) is 0 Å². The van der Waals surface area contributed by atoms with Crippen molar-refractivity contribution in [3.63, 3.8) is 0 Å². The highest BCUT2D eigenvalue weighted by molar-refractivity contribution is 6.34. The molecule has 1 aromatic heterocycles. The Morgan fingerprint density at radius 1 is 1.61 bits per heavy atom. The Bertz CT molecular complexity index is 436. The van der Waals surface area contributed by atoms with E-state index in [-0.39, 0.29) is 17.1 Å². The van der Waals surface area contributed by atoms with E-state index in [1.54, 1.807) is 6.07 Å². The lowest BCUT2D eigenvalue weighted by Crippen LogP contribution is -2.27. The summed E-state index contributed by atoms with van der Waals surface area (Å²) in [6.45, 7) is 2.82. The van der Waals surface area contributed by atoms with Crippen molar-refractivity contribution in [3.05, 3.63) is 21.9 Å². The Morgan fingerprint density at radius 2 is 2.39 bits per heavy atom. The SMILES string of the molecule is Cc1cc(Cl)nc(Cl)c1NC(=O)CC1CCCN1. The van der Waals surface area contributed by atoms with Gasteiger partial charge in [0.15, 0.2) is 5.15 Å². The Morgan fingerprint density at radius 3 is 3.00 bits per heavy atom. The van der Waals surface area contributed by atoms with Crippen molar-refractivity contribution in [2.24, 2.45) is 0 Å². The molecule has 0 aliphatic carbocycles. The lowest BCUT2D eigenvalue weighted by Gasteiger charge is -2.13. The Labute approximate surface area is 116 Å². The number of hydrogen-bond donors (Lipinski definition) is 2. The van der Waals surface area contributed by atoms with Crippen LogP contribution in [-0.4, -0.2) is 23.5 Å². The number of aromatic nitrogens is 1. The molecular weight excluding hydrogens is 273 g/mol. The van der Waals surface area contributed by atoms with Crippen LogP contribution >= 0.6 is 23.2 Å². The van der Waals surface area contributed by atoms with E-state index in [9.17, 15) is 4.79 Å². The van der Waals surface area contributed by atoms with Gasteiger partial charge in [-0.25, -0.2) is 4.98 Å². The lowest BCUT2D eigenvalue weighted by atomic mass is 10.1. The van der Waals surface area contributed by atoms with Crippen molar-refractivity contribution in [2.45, 2.75) is 32.2 Å². The molecule has 1 aromatic rings. The molecule has 0 radical (unpaired) electrons. The van der Waals surface area contributed by atoms with Gasteiger partial charge in [0.1, 0.15) is 5.15 Å². The third-order valence-corrected chi connectivity index (χ3v) is 3.47. The average molecular weight is 288 g/mol. The van der Waals surface area contributed by atoms with E-state index in [4.69, 9.17) is 23.2 Å². The normalized spacial score (nSPS) is 18.9. The molecule has 1 fully saturated rings. The van der Waals surface area contributed by atoms with Gasteiger partial charge in [0, 0.05) is 12.5 Å². The molecule has 1 saturated heterocycles. The van der Waals surface area contributed by atoms with E-state index < -0.39 is 0 Å². The van der Waals surface area contributed by atoms with Crippen LogP contribution in [0.4, 0.5) is 5.69 Å². The number of halogens is 2. The van der Waals surface area contributed by atoms with Gasteiger partial charge in [-0.1, -0.05) is 23.2 Å². The summed E-state index contributed by atoms with van der Waals surface area (Å²) in [5.74, 6) is -0.0523. The number of carbonyl (C=O) groups excluding carboxylic acids is 1. The van der Waals surface area contributed by atoms with Crippen molar-refractivity contribution in [1.82, 2.24) is 10.3 Å². The fraction of sp³-hybridized carbons (Fsp3) is 0.500. The van der Waals surface area contributed by atoms with Crippen LogP contribution in [0, 0.1) is 6.92 Å². The van der Waals surface area contributed by atoms with Gasteiger partial charge in [-0.15, -0.1) is 0 Å². The second-order valence-electron chi connectivity index (χ2n) is 4.47. The zero-order valence-corrected chi connectivity index (χ0v) is 11.6. The first-order valence-corrected chi connectivity index (χ1v) is 6.67. The smallest absolute Gasteiger partial charge is 0.226 e. The minimum atomic E-state index is -0.0523. The van der Waals surface area contributed by atoms with Gasteiger partial charge < -0.3 is 10.6 Å². The monoisotopic (exact) mass is 287 g/mol. The van der Waals surface area contributed by atoms with Gasteiger partial charge in [0.25, 0.3) is 0 Å². The predicted molar refractivity (Wildman–Crippen MR) is 73.3 cm³/mol. The largest absolute Gasteiger partial charge is 0.323 e. The quantitative estimate of drug-likeness (QED) is 0.841. The number of hydrogen-bond acceptors (Lipinski definition) is 3. The molecule has 18 heavy (non-hydrogen) atoms. The molecule has 1 aliphatic heterocycles. The predicted octanol–water partition coefficient (Wildman–Crippen LogP) is 2.78. The summed E-state index contributed by atoms with van der Waals surface area (Å²) in [5, 5.41) is 6.64. The number of pyridine rings is 1. The van der Waals surface area contributed by atoms with Gasteiger partial charge in [0.2, 0.25) is 5.91 Å². The van der Waals surface area contributed by atoms with Gasteiger partial charge >= 0.3 is 0 Å². The highest BCUT2D eigenvalue weighted by atomic mass is 35.5. The first kappa shape index (κ1) is 13.6. The zero-order valence-electron chi connectivity index (χ0n) is 10.1. The minimum Gasteiger partial charge on any atom is -0.323 e. The molecule has 1 atom stereocenters. The van der Waals surface area contributed by atoms with Crippen LogP contribution in [0.2, 0.25) is 10.3 Å². The highest BCUT2D eigenvalue weighted by Crippen LogP contribution is 2.26. The van der Waals surface area contributed by atoms with Crippen LogP contribution in [-0.2, 0) is 4.79 Å². The van der Waals surface area contributed by atoms with Crippen LogP contribution in [0.15, 0.2) is 6.07 Å². The Hall–Kier alpha value is -0.840. The van der Waals surface area contributed by atoms with Crippen LogP contribution in [0.3, 0.4) is 0 Å². The molecule has 1 aliphatic rings. The van der Waals surface area contributed by atoms with E-state index in [0.717, 1.165) is 24.9 Å². The molecule has 6 heteroatoms. The second kappa shape index (κ2) is 5.87. The topological polar surface area (TPSA) is 54.0 Å². The second-order valence-corrected chi connectivity index (χ2v) is 5.22. The molecule has 0 saturated carbocycles. The third-order valence-electron chi connectivity index (χ3n) is 3.00. The maximum absolute atomic E-state index is 11.9. The van der Waals surface area contributed by atoms with Crippen LogP contribution in [0.5, 0.6) is 0 Å². The molecule has 1 amide bonds. The molecule has 0 bridgehead atoms. The standard InChI is InChI=1S/C12H15Cl2N3O/c1-7-5-9(13)16-12(14)11(7)17-10(18)6-8-3-2-4-15-8/h5,8,15H,2-4,6H2,1H3,(H,17,18). The van der Waals surface area contributed by atoms with Crippen LogP contribution in [0.25, 0.3) is 0 Å². The molecule has 1 unspecified atom stereocenters. The first-order chi connectivity index (χ1) is 8.56. The summed E-state index contributed by atoms with van der Waals surface area (Å²) in [6, 6.07) is 1.95. The summed E-state index contributed by atoms with van der Waals surface area (Å²) in [5.41, 5.74) is 1.36. The van der Waals surface area contributed by atoms with Gasteiger partial charge in [0.05, 0.1) is 5.69 Å². The summed E-state index contributed by atoms with van der Waals surface area (Å²) in [6.07, 6.45) is 2.62. The number of rotatable bonds is 3. The molecular formula is C12H15Cl2N3O. The van der Waals surface area contributed by atoms with E-state index in [1.807, 2.05) is 6.92 Å². The fourth-order valence-corrected chi connectivity index (χ4v) is 2.67. The molecule has 2 rings (SSSR count). The molecule has 0 spiro atoms. The van der Waals surface area contributed by atoms with Gasteiger partial charge in [-0.3, -0.25) is 4.79 Å². The number of aryl methyl sites for hydroxylation is 1. The van der Waals surface area contributed by atoms with E-state index >= 15 is 0 Å². The summed E-state index contributed by atoms with van der Waals surface area (Å²) < 4.78 is 0. The van der Waals surface area contributed by atoms with Crippen molar-refractivity contribution in [2.75, 3.05) is 11.9 Å². The van der Waals surface area contributed by atoms with Crippen LogP contribution in [0.1, 0.15) is 24.8 Å². The van der Waals surface area contributed by atoms with Crippen molar-refractivity contribution < 1.29 is 4.79 Å². The van der Waals surface area contributed by atoms with Crippen molar-refractivity contribution in [1.29, 1.82) is 0 Å². The number of carbonyl (C=O) groups is 1. The molecule has 2 N–H and O–H groups in total. The number of nitrogens with one attached hydrogen (secondary N) is 2. The summed E-state index contributed by atoms with van der Waals surface area (Å²) in [4.78, 5) is 15.8. The number of nitrogens with zero attached hydrogens (tertiary/aromatic N) is 1. The first-order valence-electron chi connectivity index (χ1n) is 5.92. The number of anilines is 1. The lowest BCUT2D eigenvalue weighted by molar-refractivity contribution is -0.116. The molecule has 0 aromatic carbocycles. The Balaban J connectivity index is 2.02. The maximum atomic E-state index is 11.9. The van der Waals surface area contributed by atoms with Crippen molar-refractivity contribution >= 4 is 34.8 Å². The minimum absolute atomic E-state index is 0.0523. The maximum Gasteiger partial charge on any atom is 0.226 e. The Kier molecular flexibility index (Phi) is 4.43. The van der Waals surface area contributed by atoms with E-state index in [0.29, 0.717) is 17.3 Å². The average Bonchev–Trinajstić information content (AvgIpc) is 2.76. The van der Waals surface area contributed by atoms with Gasteiger partial charge in [-0.2, -0.15) is 0 Å². The van der Waals surface area contributed by atoms with Gasteiger partial charge in [-0.05, 0) is 37.9 Å². The van der Waals surface area contributed by atoms with E-state index in [1.165, 1.54) is 0 Å². The summed E-state index contributed by atoms with van der Waals surface area (Å²) >= 11 is 11.7. The zero-order chi connectivity index (χ0) is 13.1. The molecule has 4 nitrogen and oxygen atoms in total. The third kappa shape index (κ3) is 3.34.